The molecule has 0 unspecified atom stereocenters. The molecule has 0 amide bonds. The molecule has 6 aromatic rings. The highest BCUT2D eigenvalue weighted by atomic mass is 32.2. The average molecular weight is 857 g/mol. The summed E-state index contributed by atoms with van der Waals surface area (Å²) in [6, 6.07) is 6.86. The second kappa shape index (κ2) is 16.4. The number of alkyl halides is 6. The van der Waals surface area contributed by atoms with Gasteiger partial charge in [0.1, 0.15) is 29.0 Å². The predicted octanol–water partition coefficient (Wildman–Crippen LogP) is 4.65. The number of hydrogen-bond donors (Lipinski definition) is 1. The summed E-state index contributed by atoms with van der Waals surface area (Å²) in [6.07, 6.45) is -7.12. The summed E-state index contributed by atoms with van der Waals surface area (Å²) < 4.78 is 130. The molecule has 0 bridgehead atoms. The van der Waals surface area contributed by atoms with E-state index in [1.54, 1.807) is 6.92 Å². The van der Waals surface area contributed by atoms with E-state index in [0.717, 1.165) is 18.3 Å². The van der Waals surface area contributed by atoms with Crippen LogP contribution in [0.4, 0.5) is 26.3 Å². The van der Waals surface area contributed by atoms with Gasteiger partial charge in [-0.15, -0.1) is 20.4 Å². The molecule has 0 saturated carbocycles. The number of sulfone groups is 2. The summed E-state index contributed by atoms with van der Waals surface area (Å²) in [6.45, 7) is 4.98. The number of hydrogen-bond acceptors (Lipinski definition) is 16. The minimum Gasteiger partial charge on any atom is -0.411 e. The van der Waals surface area contributed by atoms with Crippen LogP contribution in [0.15, 0.2) is 56.5 Å². The monoisotopic (exact) mass is 856 g/mol. The van der Waals surface area contributed by atoms with Gasteiger partial charge in [0.2, 0.25) is 0 Å². The van der Waals surface area contributed by atoms with Crippen molar-refractivity contribution in [3.8, 4) is 23.0 Å². The second-order valence-corrected chi connectivity index (χ2v) is 16.2. The van der Waals surface area contributed by atoms with Crippen molar-refractivity contribution in [1.29, 1.82) is 0 Å². The van der Waals surface area contributed by atoms with Gasteiger partial charge < -0.3 is 19.2 Å². The maximum Gasteiger partial charge on any atom is 0.435 e. The highest BCUT2D eigenvalue weighted by molar-refractivity contribution is 7.91. The predicted molar refractivity (Wildman–Crippen MR) is 193 cm³/mol. The molecule has 0 aliphatic rings. The smallest absolute Gasteiger partial charge is 0.411 e. The number of pyridine rings is 2. The molecule has 6 rings (SSSR count). The third kappa shape index (κ3) is 8.85. The van der Waals surface area contributed by atoms with Crippen molar-refractivity contribution >= 4 is 54.4 Å². The van der Waals surface area contributed by atoms with E-state index in [0.29, 0.717) is 6.61 Å². The third-order valence-corrected chi connectivity index (χ3v) is 11.5. The van der Waals surface area contributed by atoms with E-state index in [-0.39, 0.29) is 78.0 Å². The number of aryl methyl sites for hydroxylation is 2. The van der Waals surface area contributed by atoms with Gasteiger partial charge in [-0.3, -0.25) is 0 Å². The molecule has 0 aliphatic heterocycles. The van der Waals surface area contributed by atoms with Gasteiger partial charge in [0.25, 0.3) is 0 Å². The summed E-state index contributed by atoms with van der Waals surface area (Å²) in [5, 5.41) is 28.7. The highest BCUT2D eigenvalue weighted by Gasteiger charge is 2.35. The van der Waals surface area contributed by atoms with Crippen LogP contribution >= 0.6 is 0 Å². The Bertz CT molecular complexity index is 2790. The molecule has 26 heteroatoms. The van der Waals surface area contributed by atoms with Gasteiger partial charge in [0.05, 0.1) is 45.1 Å². The quantitative estimate of drug-likeness (QED) is 0.0855. The van der Waals surface area contributed by atoms with Gasteiger partial charge in [-0.1, -0.05) is 24.2 Å². The van der Waals surface area contributed by atoms with Crippen LogP contribution in [0.3, 0.4) is 0 Å². The lowest BCUT2D eigenvalue weighted by Gasteiger charge is -2.09. The first kappa shape index (κ1) is 43.0. The van der Waals surface area contributed by atoms with E-state index >= 15 is 0 Å². The van der Waals surface area contributed by atoms with Crippen LogP contribution in [-0.4, -0.2) is 102 Å². The van der Waals surface area contributed by atoms with Crippen molar-refractivity contribution in [3.63, 3.8) is 0 Å². The minimum atomic E-state index is -4.70. The van der Waals surface area contributed by atoms with E-state index in [9.17, 15) is 43.2 Å². The van der Waals surface area contributed by atoms with E-state index in [1.807, 2.05) is 0 Å². The molecule has 0 saturated heterocycles. The van der Waals surface area contributed by atoms with Gasteiger partial charge in [-0.05, 0) is 31.2 Å². The van der Waals surface area contributed by atoms with Crippen molar-refractivity contribution in [1.82, 2.24) is 49.5 Å². The first-order valence-electron chi connectivity index (χ1n) is 16.5. The summed E-state index contributed by atoms with van der Waals surface area (Å²) in [7, 11) is -4.51. The normalized spacial score (nSPS) is 12.8. The molecule has 308 valence electrons. The molecule has 0 atom stereocenters. The third-order valence-electron chi connectivity index (χ3n) is 8.01. The molecule has 0 radical (unpaired) electrons. The molecular formula is C32H30F6N12O6S2. The molecule has 18 nitrogen and oxygen atoms in total. The van der Waals surface area contributed by atoms with Crippen LogP contribution in [0.2, 0.25) is 0 Å². The van der Waals surface area contributed by atoms with E-state index in [4.69, 9.17) is 10.0 Å². The molecule has 0 spiro atoms. The molecule has 0 aliphatic carbocycles. The van der Waals surface area contributed by atoms with E-state index in [1.165, 1.54) is 67.6 Å². The lowest BCUT2D eigenvalue weighted by Crippen LogP contribution is -2.10. The Kier molecular flexibility index (Phi) is 12.1. The van der Waals surface area contributed by atoms with Crippen LogP contribution in [-0.2, 0) is 51.0 Å². The maximum absolute atomic E-state index is 13.0. The molecular weight excluding hydrogens is 827 g/mol. The Labute approximate surface area is 324 Å². The van der Waals surface area contributed by atoms with Crippen molar-refractivity contribution in [3.05, 3.63) is 59.2 Å². The number of rotatable bonds is 10. The standard InChI is InChI=1S/C17H17F3N6O3S.C15H13F3N6O3S/c1-4-29-21-9-10-6-7-12(30(27,28)5-2)14(22-10)16-23-11-8-13(17(18,19)20)24-25-15(11)26(16)3;1-3-28(26,27)10-5-4-8(7-19-25)20-12(10)14-21-9-6-11(15(16,17)18)22-23-13(9)24(14)2/h6-9H,4-5H2,1-3H3;4-7,25H,3H2,1-2H3. The van der Waals surface area contributed by atoms with Gasteiger partial charge in [0, 0.05) is 26.2 Å². The zero-order valence-electron chi connectivity index (χ0n) is 30.7. The van der Waals surface area contributed by atoms with Gasteiger partial charge in [-0.25, -0.2) is 36.8 Å². The van der Waals surface area contributed by atoms with E-state index in [2.05, 4.69) is 50.6 Å². The van der Waals surface area contributed by atoms with E-state index < -0.39 is 43.4 Å². The van der Waals surface area contributed by atoms with Crippen molar-refractivity contribution in [2.24, 2.45) is 24.4 Å². The van der Waals surface area contributed by atoms with Gasteiger partial charge >= 0.3 is 12.4 Å². The summed E-state index contributed by atoms with van der Waals surface area (Å²) >= 11 is 0. The lowest BCUT2D eigenvalue weighted by atomic mass is 10.3. The van der Waals surface area contributed by atoms with Crippen LogP contribution in [0, 0.1) is 0 Å². The van der Waals surface area contributed by atoms with Crippen molar-refractivity contribution < 1.29 is 53.2 Å². The molecule has 1 N–H and O–H groups in total. The zero-order valence-corrected chi connectivity index (χ0v) is 32.3. The Morgan fingerprint density at radius 3 is 1.45 bits per heavy atom. The van der Waals surface area contributed by atoms with Crippen LogP contribution < -0.4 is 0 Å². The molecule has 6 aromatic heterocycles. The first-order chi connectivity index (χ1) is 27.2. The first-order valence-corrected chi connectivity index (χ1v) is 19.8. The van der Waals surface area contributed by atoms with Gasteiger partial charge in [0.15, 0.2) is 54.0 Å². The number of fused-ring (bicyclic) bond motifs is 2. The Morgan fingerprint density at radius 1 is 0.672 bits per heavy atom. The van der Waals surface area contributed by atoms with Crippen molar-refractivity contribution in [2.75, 3.05) is 18.1 Å². The lowest BCUT2D eigenvalue weighted by molar-refractivity contribution is -0.142. The summed E-state index contributed by atoms with van der Waals surface area (Å²) in [5.41, 5.74) is -2.30. The fourth-order valence-electron chi connectivity index (χ4n) is 5.10. The topological polar surface area (TPSA) is 235 Å². The number of nitrogens with zero attached hydrogens (tertiary/aromatic N) is 12. The largest absolute Gasteiger partial charge is 0.435 e. The number of imidazole rings is 2. The Hall–Kier alpha value is -6.18. The molecule has 0 fully saturated rings. The molecule has 58 heavy (non-hydrogen) atoms. The fraction of sp³-hybridized carbons (Fsp3) is 0.312. The van der Waals surface area contributed by atoms with Crippen LogP contribution in [0.5, 0.6) is 0 Å². The average Bonchev–Trinajstić information content (AvgIpc) is 3.69. The maximum atomic E-state index is 13.0. The Balaban J connectivity index is 0.000000221. The molecule has 0 aromatic carbocycles. The summed E-state index contributed by atoms with van der Waals surface area (Å²) in [4.78, 5) is 21.3. The second-order valence-electron chi connectivity index (χ2n) is 11.7. The number of aromatic nitrogens is 10. The highest BCUT2D eigenvalue weighted by Crippen LogP contribution is 2.33. The number of halogens is 6. The molecule has 6 heterocycles. The number of oxime groups is 2. The van der Waals surface area contributed by atoms with Crippen LogP contribution in [0.25, 0.3) is 45.4 Å². The minimum absolute atomic E-state index is 0.0193. The fourth-order valence-corrected chi connectivity index (χ4v) is 7.13. The van der Waals surface area contributed by atoms with Gasteiger partial charge in [-0.2, -0.15) is 26.3 Å². The Morgan fingerprint density at radius 2 is 1.09 bits per heavy atom. The SMILES string of the molecule is CCON=Cc1ccc(S(=O)(=O)CC)c(-c2nc3cc(C(F)(F)F)nnc3n2C)n1.CCS(=O)(=O)c1ccc(C=NO)nc1-c1nc2cc(C(F)(F)F)nnc2n1C. The summed E-state index contributed by atoms with van der Waals surface area (Å²) in [5.74, 6) is -0.422. The van der Waals surface area contributed by atoms with Crippen molar-refractivity contribution in [2.45, 2.75) is 42.9 Å². The van der Waals surface area contributed by atoms with Crippen LogP contribution in [0.1, 0.15) is 43.5 Å². The zero-order chi connectivity index (χ0) is 42.8.